The van der Waals surface area contributed by atoms with Gasteiger partial charge in [0, 0.05) is 10.7 Å². The maximum atomic E-state index is 12.4. The van der Waals surface area contributed by atoms with E-state index >= 15 is 0 Å². The van der Waals surface area contributed by atoms with Crippen LogP contribution >= 0.6 is 23.4 Å². The second-order valence-corrected chi connectivity index (χ2v) is 6.59. The quantitative estimate of drug-likeness (QED) is 0.813. The zero-order valence-corrected chi connectivity index (χ0v) is 12.6. The van der Waals surface area contributed by atoms with Crippen LogP contribution in [0.25, 0.3) is 0 Å². The molecule has 1 saturated heterocycles. The van der Waals surface area contributed by atoms with Crippen LogP contribution < -0.4 is 4.90 Å². The predicted octanol–water partition coefficient (Wildman–Crippen LogP) is 4.51. The summed E-state index contributed by atoms with van der Waals surface area (Å²) in [5, 5.41) is 0.690. The van der Waals surface area contributed by atoms with Gasteiger partial charge < -0.3 is 0 Å². The van der Waals surface area contributed by atoms with Gasteiger partial charge in [0.25, 0.3) is 0 Å². The van der Waals surface area contributed by atoms with E-state index in [4.69, 9.17) is 11.6 Å². The minimum atomic E-state index is -0.0316. The molecule has 0 saturated carbocycles. The van der Waals surface area contributed by atoms with Crippen LogP contribution in [-0.4, -0.2) is 11.2 Å². The average molecular weight is 304 g/mol. The van der Waals surface area contributed by atoms with Crippen LogP contribution in [0.15, 0.2) is 54.6 Å². The fraction of sp³-hybridized carbons (Fsp3) is 0.188. The minimum Gasteiger partial charge on any atom is -0.295 e. The highest BCUT2D eigenvalue weighted by Gasteiger charge is 2.39. The van der Waals surface area contributed by atoms with Crippen molar-refractivity contribution in [2.45, 2.75) is 17.5 Å². The Morgan fingerprint density at radius 2 is 1.70 bits per heavy atom. The number of carbonyl (C=O) groups excluding carboxylic acids is 1. The number of rotatable bonds is 2. The molecule has 2 aromatic rings. The Labute approximate surface area is 127 Å². The first-order valence-corrected chi connectivity index (χ1v) is 7.78. The molecule has 102 valence electrons. The van der Waals surface area contributed by atoms with Crippen molar-refractivity contribution in [2.75, 3.05) is 4.90 Å². The fourth-order valence-corrected chi connectivity index (χ4v) is 3.73. The average Bonchev–Trinajstić information content (AvgIpc) is 2.77. The van der Waals surface area contributed by atoms with Gasteiger partial charge in [0.2, 0.25) is 5.91 Å². The maximum Gasteiger partial charge on any atom is 0.241 e. The van der Waals surface area contributed by atoms with Crippen LogP contribution in [0.2, 0.25) is 5.02 Å². The standard InChI is InChI=1S/C16H14ClNOS/c1-11-15(19)18(14-5-3-2-4-6-14)16(20-11)12-7-9-13(17)10-8-12/h2-11,16H,1H3. The second kappa shape index (κ2) is 5.51. The monoisotopic (exact) mass is 303 g/mol. The lowest BCUT2D eigenvalue weighted by atomic mass is 10.2. The van der Waals surface area contributed by atoms with E-state index in [0.29, 0.717) is 5.02 Å². The zero-order valence-electron chi connectivity index (χ0n) is 11.0. The topological polar surface area (TPSA) is 20.3 Å². The number of hydrogen-bond donors (Lipinski definition) is 0. The van der Waals surface area contributed by atoms with E-state index in [2.05, 4.69) is 0 Å². The van der Waals surface area contributed by atoms with Crippen molar-refractivity contribution >= 4 is 35.0 Å². The van der Waals surface area contributed by atoms with Gasteiger partial charge in [-0.15, -0.1) is 11.8 Å². The number of amides is 1. The Bertz CT molecular complexity index is 614. The first kappa shape index (κ1) is 13.5. The molecular weight excluding hydrogens is 290 g/mol. The summed E-state index contributed by atoms with van der Waals surface area (Å²) in [7, 11) is 0. The molecule has 0 aromatic heterocycles. The fourth-order valence-electron chi connectivity index (χ4n) is 2.33. The third kappa shape index (κ3) is 2.43. The molecule has 2 aromatic carbocycles. The van der Waals surface area contributed by atoms with Crippen LogP contribution in [0, 0.1) is 0 Å². The van der Waals surface area contributed by atoms with Gasteiger partial charge in [-0.25, -0.2) is 0 Å². The molecular formula is C16H14ClNOS. The summed E-state index contributed by atoms with van der Waals surface area (Å²) >= 11 is 7.61. The molecule has 2 nitrogen and oxygen atoms in total. The molecule has 2 unspecified atom stereocenters. The number of halogens is 1. The third-order valence-corrected chi connectivity index (χ3v) is 4.94. The van der Waals surface area contributed by atoms with E-state index in [1.54, 1.807) is 11.8 Å². The van der Waals surface area contributed by atoms with Gasteiger partial charge in [-0.1, -0.05) is 41.9 Å². The van der Waals surface area contributed by atoms with Crippen LogP contribution in [0.1, 0.15) is 17.9 Å². The highest BCUT2D eigenvalue weighted by molar-refractivity contribution is 8.01. The molecule has 0 spiro atoms. The van der Waals surface area contributed by atoms with E-state index in [1.165, 1.54) is 0 Å². The van der Waals surface area contributed by atoms with Gasteiger partial charge in [-0.05, 0) is 36.8 Å². The number of para-hydroxylation sites is 1. The number of anilines is 1. The van der Waals surface area contributed by atoms with Gasteiger partial charge in [0.15, 0.2) is 0 Å². The number of carbonyl (C=O) groups is 1. The highest BCUT2D eigenvalue weighted by atomic mass is 35.5. The summed E-state index contributed by atoms with van der Waals surface area (Å²) in [5.41, 5.74) is 2.04. The summed E-state index contributed by atoms with van der Waals surface area (Å²) < 4.78 is 0. The lowest BCUT2D eigenvalue weighted by molar-refractivity contribution is -0.117. The minimum absolute atomic E-state index is 0.0113. The van der Waals surface area contributed by atoms with Crippen LogP contribution in [0.4, 0.5) is 5.69 Å². The summed E-state index contributed by atoms with van der Waals surface area (Å²) in [4.78, 5) is 14.3. The van der Waals surface area contributed by atoms with Crippen molar-refractivity contribution in [1.29, 1.82) is 0 Å². The summed E-state index contributed by atoms with van der Waals surface area (Å²) in [5.74, 6) is 0.154. The van der Waals surface area contributed by atoms with Crippen LogP contribution in [0.3, 0.4) is 0 Å². The molecule has 1 heterocycles. The van der Waals surface area contributed by atoms with E-state index in [-0.39, 0.29) is 16.5 Å². The number of hydrogen-bond acceptors (Lipinski definition) is 2. The molecule has 0 radical (unpaired) electrons. The largest absolute Gasteiger partial charge is 0.295 e. The smallest absolute Gasteiger partial charge is 0.241 e. The SMILES string of the molecule is CC1SC(c2ccc(Cl)cc2)N(c2ccccc2)C1=O. The van der Waals surface area contributed by atoms with Gasteiger partial charge in [-0.2, -0.15) is 0 Å². The molecule has 1 amide bonds. The van der Waals surface area contributed by atoms with Crippen molar-refractivity contribution in [3.8, 4) is 0 Å². The Kier molecular flexibility index (Phi) is 3.72. The molecule has 0 bridgehead atoms. The molecule has 2 atom stereocenters. The molecule has 20 heavy (non-hydrogen) atoms. The molecule has 1 aliphatic heterocycles. The lowest BCUT2D eigenvalue weighted by Gasteiger charge is -2.24. The van der Waals surface area contributed by atoms with E-state index in [9.17, 15) is 4.79 Å². The van der Waals surface area contributed by atoms with Crippen molar-refractivity contribution in [3.63, 3.8) is 0 Å². The predicted molar refractivity (Wildman–Crippen MR) is 85.2 cm³/mol. The van der Waals surface area contributed by atoms with Crippen molar-refractivity contribution in [3.05, 3.63) is 65.2 Å². The Morgan fingerprint density at radius 1 is 1.05 bits per heavy atom. The van der Waals surface area contributed by atoms with E-state index in [1.807, 2.05) is 66.4 Å². The summed E-state index contributed by atoms with van der Waals surface area (Å²) in [6.45, 7) is 1.96. The molecule has 0 aliphatic carbocycles. The first-order chi connectivity index (χ1) is 9.66. The normalized spacial score (nSPS) is 22.3. The Balaban J connectivity index is 2.00. The highest BCUT2D eigenvalue weighted by Crippen LogP contribution is 2.45. The number of nitrogens with zero attached hydrogens (tertiary/aromatic N) is 1. The van der Waals surface area contributed by atoms with Gasteiger partial charge in [0.05, 0.1) is 5.25 Å². The zero-order chi connectivity index (χ0) is 14.1. The van der Waals surface area contributed by atoms with Gasteiger partial charge >= 0.3 is 0 Å². The molecule has 0 N–H and O–H groups in total. The summed E-state index contributed by atoms with van der Waals surface area (Å²) in [6, 6.07) is 17.5. The van der Waals surface area contributed by atoms with Gasteiger partial charge in [-0.3, -0.25) is 9.69 Å². The maximum absolute atomic E-state index is 12.4. The number of benzene rings is 2. The lowest BCUT2D eigenvalue weighted by Crippen LogP contribution is -2.29. The Morgan fingerprint density at radius 3 is 2.35 bits per heavy atom. The second-order valence-electron chi connectivity index (χ2n) is 4.73. The van der Waals surface area contributed by atoms with E-state index < -0.39 is 0 Å². The molecule has 1 fully saturated rings. The van der Waals surface area contributed by atoms with Crippen LogP contribution in [0.5, 0.6) is 0 Å². The number of thioether (sulfide) groups is 1. The van der Waals surface area contributed by atoms with Crippen molar-refractivity contribution in [2.24, 2.45) is 0 Å². The third-order valence-electron chi connectivity index (χ3n) is 3.34. The van der Waals surface area contributed by atoms with Gasteiger partial charge in [0.1, 0.15) is 5.37 Å². The van der Waals surface area contributed by atoms with Crippen molar-refractivity contribution < 1.29 is 4.79 Å². The Hall–Kier alpha value is -1.45. The molecule has 1 aliphatic rings. The molecule has 4 heteroatoms. The van der Waals surface area contributed by atoms with E-state index in [0.717, 1.165) is 11.3 Å². The molecule has 3 rings (SSSR count). The first-order valence-electron chi connectivity index (χ1n) is 6.46. The van der Waals surface area contributed by atoms with Crippen molar-refractivity contribution in [1.82, 2.24) is 0 Å². The van der Waals surface area contributed by atoms with Crippen LogP contribution in [-0.2, 0) is 4.79 Å². The summed E-state index contributed by atoms with van der Waals surface area (Å²) in [6.07, 6.45) is 0.